The SMILES string of the molecule is COCc1nc(N)cc(N(C)CC(C)(C)O)n1. The lowest BCUT2D eigenvalue weighted by atomic mass is 10.1. The van der Waals surface area contributed by atoms with Crippen LogP contribution < -0.4 is 10.6 Å². The molecule has 17 heavy (non-hydrogen) atoms. The standard InChI is InChI=1S/C11H20N4O2/c1-11(2,16)7-15(3)10-5-8(12)13-9(14-10)6-17-4/h5,16H,6-7H2,1-4H3,(H2,12,13,14). The van der Waals surface area contributed by atoms with Gasteiger partial charge in [0.25, 0.3) is 0 Å². The van der Waals surface area contributed by atoms with Gasteiger partial charge >= 0.3 is 0 Å². The van der Waals surface area contributed by atoms with E-state index in [4.69, 9.17) is 10.5 Å². The van der Waals surface area contributed by atoms with Crippen LogP contribution in [-0.2, 0) is 11.3 Å². The van der Waals surface area contributed by atoms with Gasteiger partial charge in [0.05, 0.1) is 5.60 Å². The fourth-order valence-corrected chi connectivity index (χ4v) is 1.55. The Morgan fingerprint density at radius 2 is 2.12 bits per heavy atom. The molecule has 0 saturated carbocycles. The fourth-order valence-electron chi connectivity index (χ4n) is 1.55. The van der Waals surface area contributed by atoms with Crippen molar-refractivity contribution in [2.24, 2.45) is 0 Å². The van der Waals surface area contributed by atoms with Gasteiger partial charge in [-0.1, -0.05) is 0 Å². The second-order valence-corrected chi connectivity index (χ2v) is 4.67. The summed E-state index contributed by atoms with van der Waals surface area (Å²) in [6.07, 6.45) is 0. The first-order valence-corrected chi connectivity index (χ1v) is 5.38. The molecule has 96 valence electrons. The molecule has 0 aliphatic heterocycles. The van der Waals surface area contributed by atoms with Gasteiger partial charge in [-0.25, -0.2) is 9.97 Å². The number of nitrogens with zero attached hydrogens (tertiary/aromatic N) is 3. The van der Waals surface area contributed by atoms with Gasteiger partial charge in [-0.2, -0.15) is 0 Å². The maximum absolute atomic E-state index is 9.75. The molecule has 1 heterocycles. The second kappa shape index (κ2) is 5.29. The lowest BCUT2D eigenvalue weighted by molar-refractivity contribution is 0.0884. The smallest absolute Gasteiger partial charge is 0.158 e. The number of hydrogen-bond acceptors (Lipinski definition) is 6. The summed E-state index contributed by atoms with van der Waals surface area (Å²) in [5, 5.41) is 9.75. The van der Waals surface area contributed by atoms with E-state index < -0.39 is 5.60 Å². The van der Waals surface area contributed by atoms with Crippen LogP contribution >= 0.6 is 0 Å². The first-order valence-electron chi connectivity index (χ1n) is 5.38. The van der Waals surface area contributed by atoms with Gasteiger partial charge < -0.3 is 20.5 Å². The number of aromatic nitrogens is 2. The molecule has 0 unspecified atom stereocenters. The molecule has 0 saturated heterocycles. The summed E-state index contributed by atoms with van der Waals surface area (Å²) in [6, 6.07) is 1.67. The molecule has 1 aromatic heterocycles. The van der Waals surface area contributed by atoms with Gasteiger partial charge in [0.1, 0.15) is 18.2 Å². The van der Waals surface area contributed by atoms with E-state index in [1.54, 1.807) is 27.0 Å². The van der Waals surface area contributed by atoms with Gasteiger partial charge in [0, 0.05) is 26.8 Å². The Balaban J connectivity index is 2.89. The lowest BCUT2D eigenvalue weighted by Crippen LogP contribution is -2.36. The van der Waals surface area contributed by atoms with Crippen molar-refractivity contribution in [3.8, 4) is 0 Å². The van der Waals surface area contributed by atoms with E-state index >= 15 is 0 Å². The summed E-state index contributed by atoms with van der Waals surface area (Å²) < 4.78 is 4.97. The molecule has 6 nitrogen and oxygen atoms in total. The largest absolute Gasteiger partial charge is 0.389 e. The van der Waals surface area contributed by atoms with Crippen LogP contribution in [0, 0.1) is 0 Å². The highest BCUT2D eigenvalue weighted by Gasteiger charge is 2.17. The Labute approximate surface area is 101 Å². The van der Waals surface area contributed by atoms with E-state index in [0.29, 0.717) is 30.6 Å². The number of methoxy groups -OCH3 is 1. The van der Waals surface area contributed by atoms with Gasteiger partial charge in [-0.15, -0.1) is 0 Å². The minimum atomic E-state index is -0.796. The Morgan fingerprint density at radius 3 is 2.65 bits per heavy atom. The number of nitrogen functional groups attached to an aromatic ring is 1. The van der Waals surface area contributed by atoms with Crippen molar-refractivity contribution in [2.75, 3.05) is 31.3 Å². The number of hydrogen-bond donors (Lipinski definition) is 2. The van der Waals surface area contributed by atoms with Gasteiger partial charge in [-0.3, -0.25) is 0 Å². The minimum absolute atomic E-state index is 0.314. The van der Waals surface area contributed by atoms with E-state index in [1.165, 1.54) is 0 Å². The van der Waals surface area contributed by atoms with Gasteiger partial charge in [-0.05, 0) is 13.8 Å². The first kappa shape index (κ1) is 13.7. The molecule has 0 amide bonds. The molecule has 0 aromatic carbocycles. The molecule has 1 rings (SSSR count). The van der Waals surface area contributed by atoms with Crippen LogP contribution in [-0.4, -0.2) is 41.4 Å². The molecule has 0 aliphatic rings. The highest BCUT2D eigenvalue weighted by Crippen LogP contribution is 2.15. The molecule has 3 N–H and O–H groups in total. The third kappa shape index (κ3) is 4.54. The van der Waals surface area contributed by atoms with E-state index in [2.05, 4.69) is 9.97 Å². The number of anilines is 2. The molecule has 0 aliphatic carbocycles. The summed E-state index contributed by atoms with van der Waals surface area (Å²) in [5.74, 6) is 1.60. The second-order valence-electron chi connectivity index (χ2n) is 4.67. The Kier molecular flexibility index (Phi) is 4.25. The van der Waals surface area contributed by atoms with Crippen molar-refractivity contribution in [3.05, 3.63) is 11.9 Å². The van der Waals surface area contributed by atoms with Crippen LogP contribution in [0.5, 0.6) is 0 Å². The summed E-state index contributed by atoms with van der Waals surface area (Å²) in [7, 11) is 3.42. The van der Waals surface area contributed by atoms with Crippen molar-refractivity contribution in [1.29, 1.82) is 0 Å². The number of rotatable bonds is 5. The van der Waals surface area contributed by atoms with Crippen LogP contribution in [0.15, 0.2) is 6.07 Å². The van der Waals surface area contributed by atoms with Crippen LogP contribution in [0.1, 0.15) is 19.7 Å². The van der Waals surface area contributed by atoms with Crippen molar-refractivity contribution in [3.63, 3.8) is 0 Å². The summed E-state index contributed by atoms with van der Waals surface area (Å²) in [4.78, 5) is 10.2. The fraction of sp³-hybridized carbons (Fsp3) is 0.636. The maximum Gasteiger partial charge on any atom is 0.158 e. The van der Waals surface area contributed by atoms with Gasteiger partial charge in [0.2, 0.25) is 0 Å². The average molecular weight is 240 g/mol. The Hall–Kier alpha value is -1.40. The highest BCUT2D eigenvalue weighted by molar-refractivity contribution is 5.46. The number of nitrogens with two attached hydrogens (primary N) is 1. The van der Waals surface area contributed by atoms with Crippen LogP contribution in [0.25, 0.3) is 0 Å². The topological polar surface area (TPSA) is 84.5 Å². The molecular formula is C11H20N4O2. The quantitative estimate of drug-likeness (QED) is 0.775. The van der Waals surface area contributed by atoms with Crippen molar-refractivity contribution >= 4 is 11.6 Å². The monoisotopic (exact) mass is 240 g/mol. The average Bonchev–Trinajstić information content (AvgIpc) is 2.14. The minimum Gasteiger partial charge on any atom is -0.389 e. The summed E-state index contributed by atoms with van der Waals surface area (Å²) in [6.45, 7) is 4.25. The lowest BCUT2D eigenvalue weighted by Gasteiger charge is -2.26. The van der Waals surface area contributed by atoms with Crippen LogP contribution in [0.4, 0.5) is 11.6 Å². The first-order chi connectivity index (χ1) is 7.81. The van der Waals surface area contributed by atoms with E-state index in [0.717, 1.165) is 0 Å². The molecule has 6 heteroatoms. The third-order valence-corrected chi connectivity index (χ3v) is 2.07. The van der Waals surface area contributed by atoms with Crippen molar-refractivity contribution in [1.82, 2.24) is 9.97 Å². The Bertz CT molecular complexity index is 376. The zero-order valence-electron chi connectivity index (χ0n) is 10.8. The molecule has 0 bridgehead atoms. The molecule has 0 radical (unpaired) electrons. The molecule has 1 aromatic rings. The van der Waals surface area contributed by atoms with E-state index in [1.807, 2.05) is 11.9 Å². The number of ether oxygens (including phenoxy) is 1. The summed E-state index contributed by atoms with van der Waals surface area (Å²) in [5.41, 5.74) is 4.90. The van der Waals surface area contributed by atoms with Gasteiger partial charge in [0.15, 0.2) is 5.82 Å². The van der Waals surface area contributed by atoms with Crippen LogP contribution in [0.3, 0.4) is 0 Å². The zero-order valence-corrected chi connectivity index (χ0v) is 10.8. The predicted octanol–water partition coefficient (Wildman–Crippen LogP) is 0.412. The highest BCUT2D eigenvalue weighted by atomic mass is 16.5. The third-order valence-electron chi connectivity index (χ3n) is 2.07. The van der Waals surface area contributed by atoms with Crippen molar-refractivity contribution in [2.45, 2.75) is 26.1 Å². The molecule has 0 spiro atoms. The Morgan fingerprint density at radius 1 is 1.47 bits per heavy atom. The molecule has 0 fully saturated rings. The normalized spacial score (nSPS) is 11.6. The van der Waals surface area contributed by atoms with E-state index in [9.17, 15) is 5.11 Å². The number of likely N-dealkylation sites (N-methyl/N-ethyl adjacent to an activating group) is 1. The van der Waals surface area contributed by atoms with E-state index in [-0.39, 0.29) is 0 Å². The zero-order chi connectivity index (χ0) is 13.1. The summed E-state index contributed by atoms with van der Waals surface area (Å²) >= 11 is 0. The molecule has 0 atom stereocenters. The maximum atomic E-state index is 9.75. The predicted molar refractivity (Wildman–Crippen MR) is 66.7 cm³/mol. The van der Waals surface area contributed by atoms with Crippen molar-refractivity contribution < 1.29 is 9.84 Å². The number of aliphatic hydroxyl groups is 1. The molecular weight excluding hydrogens is 220 g/mol. The van der Waals surface area contributed by atoms with Crippen LogP contribution in [0.2, 0.25) is 0 Å².